The van der Waals surface area contributed by atoms with Crippen LogP contribution in [0.25, 0.3) is 11.9 Å². The Morgan fingerprint density at radius 3 is 2.86 bits per heavy atom. The summed E-state index contributed by atoms with van der Waals surface area (Å²) in [7, 11) is 0. The normalized spacial score (nSPS) is 27.8. The first kappa shape index (κ1) is 18.4. The van der Waals surface area contributed by atoms with Gasteiger partial charge in [-0.1, -0.05) is 24.8 Å². The fourth-order valence-electron chi connectivity index (χ4n) is 3.96. The maximum Gasteiger partial charge on any atom is 0.179 e. The van der Waals surface area contributed by atoms with Gasteiger partial charge in [0.05, 0.1) is 12.2 Å². The van der Waals surface area contributed by atoms with Crippen LogP contribution in [0.2, 0.25) is 0 Å². The molecule has 150 valence electrons. The van der Waals surface area contributed by atoms with Crippen molar-refractivity contribution in [2.24, 2.45) is 22.6 Å². The van der Waals surface area contributed by atoms with Crippen LogP contribution in [0.1, 0.15) is 29.8 Å². The van der Waals surface area contributed by atoms with Crippen molar-refractivity contribution in [3.05, 3.63) is 53.1 Å². The predicted octanol–water partition coefficient (Wildman–Crippen LogP) is 4.20. The Hall–Kier alpha value is -2.61. The first-order valence-corrected chi connectivity index (χ1v) is 10.3. The Balaban J connectivity index is 1.46. The van der Waals surface area contributed by atoms with Crippen LogP contribution < -0.4 is 15.2 Å². The molecule has 1 aromatic heterocycles. The highest BCUT2D eigenvalue weighted by Gasteiger charge is 2.55. The molecule has 1 fully saturated rings. The molecule has 2 aliphatic heterocycles. The molecule has 1 aliphatic carbocycles. The Kier molecular flexibility index (Phi) is 4.46. The third-order valence-corrected chi connectivity index (χ3v) is 6.92. The molecule has 1 aromatic carbocycles. The van der Waals surface area contributed by atoms with E-state index in [4.69, 9.17) is 15.2 Å². The number of amidine groups is 1. The Morgan fingerprint density at radius 1 is 1.24 bits per heavy atom. The number of hydrogen-bond acceptors (Lipinski definition) is 6. The number of thioether (sulfide) groups is 1. The van der Waals surface area contributed by atoms with E-state index in [9.17, 15) is 8.78 Å². The second-order valence-corrected chi connectivity index (χ2v) is 8.62. The van der Waals surface area contributed by atoms with Crippen LogP contribution in [0.3, 0.4) is 0 Å². The number of hydrogen-bond donors (Lipinski definition) is 1. The van der Waals surface area contributed by atoms with Gasteiger partial charge in [0.15, 0.2) is 16.7 Å². The molecule has 8 heteroatoms. The first-order chi connectivity index (χ1) is 14.0. The van der Waals surface area contributed by atoms with E-state index in [2.05, 4.69) is 16.9 Å². The second kappa shape index (κ2) is 7.02. The molecule has 2 N–H and O–H groups in total. The molecule has 5 nitrogen and oxygen atoms in total. The van der Waals surface area contributed by atoms with Crippen LogP contribution >= 0.6 is 11.8 Å². The van der Waals surface area contributed by atoms with Gasteiger partial charge in [-0.05, 0) is 29.7 Å². The van der Waals surface area contributed by atoms with E-state index in [0.717, 1.165) is 0 Å². The molecule has 5 rings (SSSR count). The zero-order valence-corrected chi connectivity index (χ0v) is 16.5. The summed E-state index contributed by atoms with van der Waals surface area (Å²) in [5.74, 6) is 0.738. The molecule has 0 spiro atoms. The topological polar surface area (TPSA) is 69.7 Å². The number of fused-ring (bicyclic) bond motifs is 2. The third-order valence-electron chi connectivity index (χ3n) is 5.56. The van der Waals surface area contributed by atoms with Gasteiger partial charge in [-0.15, -0.1) is 0 Å². The number of ether oxygens (including phenoxy) is 2. The number of aromatic nitrogens is 1. The highest BCUT2D eigenvalue weighted by molar-refractivity contribution is 8.14. The largest absolute Gasteiger partial charge is 0.486 e. The standard InChI is InChI=1S/C21H19F2N3O2S/c1-10-18-19(26-21(24)29-20(10)18)12-6-11(2-3-13(12)22)7-14(23)15-8-16-17(9-25-15)28-5-4-27-16/h2-3,6-10,18-20H,4-5H2,1H3,(H2,24,26)/b14-7-. The van der Waals surface area contributed by atoms with Crippen molar-refractivity contribution in [3.63, 3.8) is 0 Å². The number of pyridine rings is 1. The van der Waals surface area contributed by atoms with Gasteiger partial charge in [0.1, 0.15) is 30.6 Å². The van der Waals surface area contributed by atoms with Gasteiger partial charge in [-0.3, -0.25) is 4.99 Å². The third kappa shape index (κ3) is 3.35. The summed E-state index contributed by atoms with van der Waals surface area (Å²) in [4.78, 5) is 8.57. The Morgan fingerprint density at radius 2 is 2.03 bits per heavy atom. The van der Waals surface area contributed by atoms with Crippen LogP contribution in [0.15, 0.2) is 35.5 Å². The van der Waals surface area contributed by atoms with Crippen molar-refractivity contribution >= 4 is 28.8 Å². The van der Waals surface area contributed by atoms with Crippen LogP contribution in [0.5, 0.6) is 11.5 Å². The van der Waals surface area contributed by atoms with Gasteiger partial charge in [-0.2, -0.15) is 0 Å². The molecule has 1 saturated carbocycles. The van der Waals surface area contributed by atoms with E-state index in [1.165, 1.54) is 30.5 Å². The average Bonchev–Trinajstić information content (AvgIpc) is 3.37. The molecule has 3 heterocycles. The molecule has 3 aliphatic rings. The van der Waals surface area contributed by atoms with Gasteiger partial charge >= 0.3 is 0 Å². The number of benzene rings is 1. The molecule has 29 heavy (non-hydrogen) atoms. The number of rotatable bonds is 3. The van der Waals surface area contributed by atoms with Crippen molar-refractivity contribution in [1.82, 2.24) is 4.98 Å². The zero-order chi connectivity index (χ0) is 20.1. The summed E-state index contributed by atoms with van der Waals surface area (Å²) >= 11 is 1.55. The maximum atomic E-state index is 14.8. The van der Waals surface area contributed by atoms with E-state index in [1.54, 1.807) is 17.8 Å². The van der Waals surface area contributed by atoms with E-state index >= 15 is 0 Å². The van der Waals surface area contributed by atoms with Gasteiger partial charge in [0.2, 0.25) is 0 Å². The number of nitrogens with zero attached hydrogens (tertiary/aromatic N) is 2. The lowest BCUT2D eigenvalue weighted by molar-refractivity contribution is 0.170. The fourth-order valence-corrected chi connectivity index (χ4v) is 5.27. The quantitative estimate of drug-likeness (QED) is 0.814. The number of halogens is 2. The fraction of sp³-hybridized carbons (Fsp3) is 0.333. The average molecular weight is 415 g/mol. The van der Waals surface area contributed by atoms with Gasteiger partial charge in [0, 0.05) is 22.8 Å². The molecular weight excluding hydrogens is 396 g/mol. The lowest BCUT2D eigenvalue weighted by Crippen LogP contribution is -2.17. The number of aliphatic imine (C=N–C) groups is 1. The van der Waals surface area contributed by atoms with Crippen LogP contribution in [-0.4, -0.2) is 28.6 Å². The maximum absolute atomic E-state index is 14.8. The molecule has 4 unspecified atom stereocenters. The summed E-state index contributed by atoms with van der Waals surface area (Å²) in [6.45, 7) is 2.98. The van der Waals surface area contributed by atoms with E-state index < -0.39 is 5.83 Å². The van der Waals surface area contributed by atoms with Crippen LogP contribution in [0, 0.1) is 17.7 Å². The predicted molar refractivity (Wildman–Crippen MR) is 109 cm³/mol. The number of nitrogens with two attached hydrogens (primary N) is 1. The monoisotopic (exact) mass is 415 g/mol. The van der Waals surface area contributed by atoms with Crippen LogP contribution in [-0.2, 0) is 0 Å². The molecule has 4 atom stereocenters. The van der Waals surface area contributed by atoms with Gasteiger partial charge in [-0.25, -0.2) is 13.8 Å². The van der Waals surface area contributed by atoms with Gasteiger partial charge < -0.3 is 15.2 Å². The summed E-state index contributed by atoms with van der Waals surface area (Å²) in [5, 5.41) is 0.849. The summed E-state index contributed by atoms with van der Waals surface area (Å²) in [5.41, 5.74) is 7.05. The summed E-state index contributed by atoms with van der Waals surface area (Å²) in [6, 6.07) is 5.70. The zero-order valence-electron chi connectivity index (χ0n) is 15.6. The molecule has 0 radical (unpaired) electrons. The smallest absolute Gasteiger partial charge is 0.179 e. The van der Waals surface area contributed by atoms with Crippen molar-refractivity contribution in [2.75, 3.05) is 13.2 Å². The SMILES string of the molecule is CC1C2SC(N)=NC(c3cc(/C=C(\F)c4cc5c(cn4)OCCO5)ccc3F)C12. The minimum atomic E-state index is -0.542. The Labute approximate surface area is 171 Å². The molecule has 2 aromatic rings. The van der Waals surface area contributed by atoms with E-state index in [0.29, 0.717) is 52.2 Å². The van der Waals surface area contributed by atoms with Crippen LogP contribution in [0.4, 0.5) is 8.78 Å². The van der Waals surface area contributed by atoms with Crippen molar-refractivity contribution in [1.29, 1.82) is 0 Å². The van der Waals surface area contributed by atoms with Crippen molar-refractivity contribution in [2.45, 2.75) is 18.2 Å². The highest BCUT2D eigenvalue weighted by atomic mass is 32.2. The van der Waals surface area contributed by atoms with Crippen molar-refractivity contribution in [3.8, 4) is 11.5 Å². The molecule has 0 bridgehead atoms. The first-order valence-electron chi connectivity index (χ1n) is 9.44. The minimum absolute atomic E-state index is 0.132. The lowest BCUT2D eigenvalue weighted by Gasteiger charge is -2.19. The van der Waals surface area contributed by atoms with Gasteiger partial charge in [0.25, 0.3) is 0 Å². The molecular formula is C21H19F2N3O2S. The van der Waals surface area contributed by atoms with E-state index in [-0.39, 0.29) is 23.5 Å². The second-order valence-electron chi connectivity index (χ2n) is 7.42. The highest BCUT2D eigenvalue weighted by Crippen LogP contribution is 2.58. The molecule has 0 amide bonds. The minimum Gasteiger partial charge on any atom is -0.486 e. The summed E-state index contributed by atoms with van der Waals surface area (Å²) in [6.07, 6.45) is 2.78. The lowest BCUT2D eigenvalue weighted by atomic mass is 9.98. The molecule has 0 saturated heterocycles. The van der Waals surface area contributed by atoms with Crippen molar-refractivity contribution < 1.29 is 18.3 Å². The Bertz CT molecular complexity index is 1040. The van der Waals surface area contributed by atoms with E-state index in [1.807, 2.05) is 0 Å². The summed E-state index contributed by atoms with van der Waals surface area (Å²) < 4.78 is 40.3.